The minimum absolute atomic E-state index is 0.235. The molecule has 0 amide bonds. The van der Waals surface area contributed by atoms with Gasteiger partial charge in [0.1, 0.15) is 0 Å². The zero-order chi connectivity index (χ0) is 13.8. The molecule has 0 aliphatic rings. The monoisotopic (exact) mass is 267 g/mol. The molecule has 0 aromatic heterocycles. The predicted octanol–water partition coefficient (Wildman–Crippen LogP) is 4.43. The van der Waals surface area contributed by atoms with E-state index in [1.54, 1.807) is 0 Å². The molecule has 0 spiro atoms. The van der Waals surface area contributed by atoms with Crippen molar-refractivity contribution in [3.63, 3.8) is 0 Å². The van der Waals surface area contributed by atoms with E-state index in [0.717, 1.165) is 19.5 Å². The highest BCUT2D eigenvalue weighted by Crippen LogP contribution is 2.22. The van der Waals surface area contributed by atoms with Gasteiger partial charge in [-0.15, -0.1) is 11.6 Å². The molecule has 1 aromatic rings. The molecule has 1 nitrogen and oxygen atoms in total. The van der Waals surface area contributed by atoms with E-state index >= 15 is 0 Å². The van der Waals surface area contributed by atoms with Crippen molar-refractivity contribution in [2.24, 2.45) is 0 Å². The van der Waals surface area contributed by atoms with Crippen molar-refractivity contribution in [2.75, 3.05) is 13.6 Å². The predicted molar refractivity (Wildman–Crippen MR) is 81.4 cm³/mol. The van der Waals surface area contributed by atoms with Gasteiger partial charge in [0, 0.05) is 11.9 Å². The highest BCUT2D eigenvalue weighted by molar-refractivity contribution is 6.20. The molecular formula is C16H26ClN. The first kappa shape index (κ1) is 15.5. The summed E-state index contributed by atoms with van der Waals surface area (Å²) in [7, 11) is 2.15. The molecule has 0 saturated heterocycles. The minimum atomic E-state index is 0.235. The van der Waals surface area contributed by atoms with Crippen LogP contribution in [-0.2, 0) is 12.0 Å². The second kappa shape index (κ2) is 6.58. The fourth-order valence-electron chi connectivity index (χ4n) is 1.90. The molecule has 18 heavy (non-hydrogen) atoms. The summed E-state index contributed by atoms with van der Waals surface area (Å²) in [5, 5.41) is 0.260. The van der Waals surface area contributed by atoms with E-state index in [2.05, 4.69) is 57.0 Å². The normalized spacial score (nSPS) is 13.9. The van der Waals surface area contributed by atoms with Crippen LogP contribution in [-0.4, -0.2) is 23.9 Å². The number of halogens is 1. The molecule has 0 fully saturated rings. The number of nitrogens with zero attached hydrogens (tertiary/aromatic N) is 1. The van der Waals surface area contributed by atoms with E-state index in [9.17, 15) is 0 Å². The third-order valence-electron chi connectivity index (χ3n) is 3.18. The first-order valence-electron chi connectivity index (χ1n) is 6.71. The summed E-state index contributed by atoms with van der Waals surface area (Å²) in [6.45, 7) is 10.8. The van der Waals surface area contributed by atoms with Gasteiger partial charge in [0.15, 0.2) is 0 Å². The number of hydrogen-bond acceptors (Lipinski definition) is 1. The van der Waals surface area contributed by atoms with Crippen molar-refractivity contribution < 1.29 is 0 Å². The first-order chi connectivity index (χ1) is 8.29. The highest BCUT2D eigenvalue weighted by Gasteiger charge is 2.13. The van der Waals surface area contributed by atoms with Crippen LogP contribution in [0.5, 0.6) is 0 Å². The van der Waals surface area contributed by atoms with Gasteiger partial charge in [0.2, 0.25) is 0 Å². The van der Waals surface area contributed by atoms with Crippen LogP contribution >= 0.6 is 11.6 Å². The summed E-state index contributed by atoms with van der Waals surface area (Å²) < 4.78 is 0. The molecule has 1 atom stereocenters. The Morgan fingerprint density at radius 1 is 1.17 bits per heavy atom. The van der Waals surface area contributed by atoms with Gasteiger partial charge in [-0.3, -0.25) is 0 Å². The molecule has 0 saturated carbocycles. The smallest absolute Gasteiger partial charge is 0.0320 e. The second-order valence-corrected chi connectivity index (χ2v) is 7.00. The Bertz CT molecular complexity index is 348. The van der Waals surface area contributed by atoms with Gasteiger partial charge in [-0.25, -0.2) is 0 Å². The average molecular weight is 268 g/mol. The lowest BCUT2D eigenvalue weighted by Crippen LogP contribution is -2.21. The summed E-state index contributed by atoms with van der Waals surface area (Å²) in [5.41, 5.74) is 2.99. The molecule has 1 rings (SSSR count). The zero-order valence-corrected chi connectivity index (χ0v) is 13.1. The lowest BCUT2D eigenvalue weighted by molar-refractivity contribution is 0.321. The van der Waals surface area contributed by atoms with Gasteiger partial charge in [-0.05, 0) is 43.5 Å². The van der Waals surface area contributed by atoms with E-state index in [4.69, 9.17) is 11.6 Å². The standard InChI is InChI=1S/C16H26ClN/c1-13(17)10-11-18(5)12-14-6-8-15(9-7-14)16(2,3)4/h6-9,13H,10-12H2,1-5H3. The molecule has 0 bridgehead atoms. The lowest BCUT2D eigenvalue weighted by Gasteiger charge is -2.21. The summed E-state index contributed by atoms with van der Waals surface area (Å²) in [6.07, 6.45) is 1.04. The molecular weight excluding hydrogens is 242 g/mol. The van der Waals surface area contributed by atoms with Crippen LogP contribution in [0, 0.1) is 0 Å². The van der Waals surface area contributed by atoms with Gasteiger partial charge < -0.3 is 4.90 Å². The van der Waals surface area contributed by atoms with Crippen LogP contribution in [0.2, 0.25) is 0 Å². The number of hydrogen-bond donors (Lipinski definition) is 0. The van der Waals surface area contributed by atoms with E-state index in [-0.39, 0.29) is 10.8 Å². The van der Waals surface area contributed by atoms with Crippen molar-refractivity contribution in [1.29, 1.82) is 0 Å². The summed E-state index contributed by atoms with van der Waals surface area (Å²) in [6, 6.07) is 8.96. The van der Waals surface area contributed by atoms with Crippen LogP contribution in [0.25, 0.3) is 0 Å². The van der Waals surface area contributed by atoms with Gasteiger partial charge in [-0.1, -0.05) is 45.0 Å². The molecule has 0 radical (unpaired) electrons. The quantitative estimate of drug-likeness (QED) is 0.713. The Hall–Kier alpha value is -0.530. The van der Waals surface area contributed by atoms with Crippen molar-refractivity contribution in [3.05, 3.63) is 35.4 Å². The van der Waals surface area contributed by atoms with Crippen molar-refractivity contribution >= 4 is 11.6 Å². The first-order valence-corrected chi connectivity index (χ1v) is 7.14. The SMILES string of the molecule is CC(Cl)CCN(C)Cc1ccc(C(C)(C)C)cc1. The minimum Gasteiger partial charge on any atom is -0.302 e. The van der Waals surface area contributed by atoms with Crippen molar-refractivity contribution in [1.82, 2.24) is 4.90 Å². The maximum absolute atomic E-state index is 5.97. The highest BCUT2D eigenvalue weighted by atomic mass is 35.5. The topological polar surface area (TPSA) is 3.24 Å². The Morgan fingerprint density at radius 3 is 2.17 bits per heavy atom. The maximum atomic E-state index is 5.97. The fourth-order valence-corrected chi connectivity index (χ4v) is 2.00. The second-order valence-electron chi connectivity index (χ2n) is 6.25. The van der Waals surface area contributed by atoms with Gasteiger partial charge in [-0.2, -0.15) is 0 Å². The Balaban J connectivity index is 2.53. The Morgan fingerprint density at radius 2 is 1.72 bits per heavy atom. The summed E-state index contributed by atoms with van der Waals surface area (Å²) >= 11 is 5.97. The molecule has 2 heteroatoms. The van der Waals surface area contributed by atoms with E-state index in [0.29, 0.717) is 0 Å². The van der Waals surface area contributed by atoms with Crippen LogP contribution < -0.4 is 0 Å². The number of alkyl halides is 1. The molecule has 102 valence electrons. The summed E-state index contributed by atoms with van der Waals surface area (Å²) in [4.78, 5) is 2.32. The third-order valence-corrected chi connectivity index (χ3v) is 3.40. The molecule has 0 N–H and O–H groups in total. The number of benzene rings is 1. The maximum Gasteiger partial charge on any atom is 0.0320 e. The van der Waals surface area contributed by atoms with Gasteiger partial charge >= 0.3 is 0 Å². The Labute approximate surface area is 117 Å². The van der Waals surface area contributed by atoms with Crippen LogP contribution in [0.4, 0.5) is 0 Å². The molecule has 1 aromatic carbocycles. The van der Waals surface area contributed by atoms with E-state index in [1.165, 1.54) is 11.1 Å². The van der Waals surface area contributed by atoms with Crippen LogP contribution in [0.15, 0.2) is 24.3 Å². The number of rotatable bonds is 5. The van der Waals surface area contributed by atoms with Crippen LogP contribution in [0.1, 0.15) is 45.2 Å². The average Bonchev–Trinajstić information content (AvgIpc) is 2.26. The largest absolute Gasteiger partial charge is 0.302 e. The van der Waals surface area contributed by atoms with Crippen molar-refractivity contribution in [2.45, 2.75) is 51.5 Å². The summed E-state index contributed by atoms with van der Waals surface area (Å²) in [5.74, 6) is 0. The van der Waals surface area contributed by atoms with E-state index < -0.39 is 0 Å². The zero-order valence-electron chi connectivity index (χ0n) is 12.3. The third kappa shape index (κ3) is 5.41. The van der Waals surface area contributed by atoms with Gasteiger partial charge in [0.05, 0.1) is 0 Å². The van der Waals surface area contributed by atoms with Gasteiger partial charge in [0.25, 0.3) is 0 Å². The van der Waals surface area contributed by atoms with E-state index in [1.807, 2.05) is 6.92 Å². The molecule has 0 aliphatic heterocycles. The lowest BCUT2D eigenvalue weighted by atomic mass is 9.87. The van der Waals surface area contributed by atoms with Crippen LogP contribution in [0.3, 0.4) is 0 Å². The molecule has 1 unspecified atom stereocenters. The Kier molecular flexibility index (Phi) is 5.68. The fraction of sp³-hybridized carbons (Fsp3) is 0.625. The molecule has 0 aliphatic carbocycles. The van der Waals surface area contributed by atoms with Crippen molar-refractivity contribution in [3.8, 4) is 0 Å². The molecule has 0 heterocycles.